The topological polar surface area (TPSA) is 95.9 Å². The van der Waals surface area contributed by atoms with E-state index in [0.717, 1.165) is 47.9 Å². The Bertz CT molecular complexity index is 1150. The molecule has 0 spiro atoms. The first-order chi connectivity index (χ1) is 15.3. The number of benzene rings is 2. The molecule has 2 aromatic carbocycles. The Kier molecular flexibility index (Phi) is 7.76. The van der Waals surface area contributed by atoms with Crippen molar-refractivity contribution >= 4 is 32.7 Å². The minimum atomic E-state index is -3.56. The summed E-state index contributed by atoms with van der Waals surface area (Å²) in [5, 5.41) is 4.41. The van der Waals surface area contributed by atoms with E-state index >= 15 is 0 Å². The monoisotopic (exact) mass is 460 g/mol. The van der Waals surface area contributed by atoms with Gasteiger partial charge in [0.2, 0.25) is 0 Å². The van der Waals surface area contributed by atoms with Gasteiger partial charge in [0.15, 0.2) is 6.10 Å². The summed E-state index contributed by atoms with van der Waals surface area (Å²) in [5.74, 6) is -0.0803. The molecule has 32 heavy (non-hydrogen) atoms. The average Bonchev–Trinajstić information content (AvgIpc) is 3.16. The summed E-state index contributed by atoms with van der Waals surface area (Å²) in [6.45, 7) is 1.53. The van der Waals surface area contributed by atoms with Gasteiger partial charge in [0.1, 0.15) is 5.75 Å². The highest BCUT2D eigenvalue weighted by Gasteiger charge is 2.18. The van der Waals surface area contributed by atoms with Gasteiger partial charge >= 0.3 is 16.1 Å². The molecule has 1 aromatic heterocycles. The van der Waals surface area contributed by atoms with Gasteiger partial charge in [-0.2, -0.15) is 8.42 Å². The zero-order valence-corrected chi connectivity index (χ0v) is 19.2. The molecule has 0 radical (unpaired) electrons. The number of aryl methyl sites for hydroxylation is 1. The van der Waals surface area contributed by atoms with E-state index in [9.17, 15) is 13.2 Å². The van der Waals surface area contributed by atoms with Crippen molar-refractivity contribution in [3.8, 4) is 5.75 Å². The maximum atomic E-state index is 11.7. The second-order valence-corrected chi connectivity index (χ2v) is 9.02. The predicted octanol–water partition coefficient (Wildman–Crippen LogP) is 3.21. The van der Waals surface area contributed by atoms with E-state index < -0.39 is 16.2 Å². The van der Waals surface area contributed by atoms with Crippen LogP contribution in [0.1, 0.15) is 12.0 Å². The Morgan fingerprint density at radius 1 is 1.09 bits per heavy atom. The van der Waals surface area contributed by atoms with Gasteiger partial charge in [0.25, 0.3) is 0 Å². The van der Waals surface area contributed by atoms with Gasteiger partial charge in [-0.05, 0) is 47.7 Å². The lowest BCUT2D eigenvalue weighted by Gasteiger charge is -2.13. The lowest BCUT2D eigenvalue weighted by molar-refractivity contribution is -0.152. The number of carbonyl (C=O) groups excluding carboxylic acids is 1. The molecule has 0 bridgehead atoms. The largest absolute Gasteiger partial charge is 0.467 e. The van der Waals surface area contributed by atoms with Gasteiger partial charge in [-0.15, -0.1) is 0 Å². The van der Waals surface area contributed by atoms with Gasteiger partial charge in [-0.1, -0.05) is 12.1 Å². The molecular weight excluding hydrogens is 432 g/mol. The fourth-order valence-electron chi connectivity index (χ4n) is 3.43. The van der Waals surface area contributed by atoms with Crippen molar-refractivity contribution in [2.45, 2.75) is 25.5 Å². The van der Waals surface area contributed by atoms with E-state index in [4.69, 9.17) is 13.7 Å². The summed E-state index contributed by atoms with van der Waals surface area (Å²) < 4.78 is 39.7. The first kappa shape index (κ1) is 23.6. The maximum absolute atomic E-state index is 11.7. The van der Waals surface area contributed by atoms with Gasteiger partial charge in [-0.3, -0.25) is 0 Å². The van der Waals surface area contributed by atoms with Crippen LogP contribution in [0.2, 0.25) is 0 Å². The van der Waals surface area contributed by atoms with E-state index in [1.54, 1.807) is 12.1 Å². The fraction of sp³-hybridized carbons (Fsp3) is 0.348. The zero-order valence-electron chi connectivity index (χ0n) is 18.4. The molecule has 172 valence electrons. The van der Waals surface area contributed by atoms with Crippen LogP contribution in [-0.4, -0.2) is 52.1 Å². The predicted molar refractivity (Wildman–Crippen MR) is 123 cm³/mol. The second-order valence-electron chi connectivity index (χ2n) is 7.45. The Labute approximate surface area is 188 Å². The van der Waals surface area contributed by atoms with Crippen LogP contribution in [0.4, 0.5) is 5.69 Å². The first-order valence-corrected chi connectivity index (χ1v) is 12.0. The molecule has 0 saturated heterocycles. The number of methoxy groups -OCH3 is 2. The summed E-state index contributed by atoms with van der Waals surface area (Å²) in [5.41, 5.74) is 2.90. The number of esters is 1. The number of nitrogens with zero attached hydrogens (tertiary/aromatic N) is 1. The third-order valence-electron chi connectivity index (χ3n) is 5.02. The molecule has 0 aliphatic carbocycles. The molecule has 3 aromatic rings. The van der Waals surface area contributed by atoms with Crippen molar-refractivity contribution in [1.29, 1.82) is 0 Å². The van der Waals surface area contributed by atoms with E-state index in [1.165, 1.54) is 14.2 Å². The second kappa shape index (κ2) is 10.5. The Hall–Kier alpha value is -3.04. The molecule has 0 aliphatic heterocycles. The van der Waals surface area contributed by atoms with Crippen molar-refractivity contribution in [1.82, 2.24) is 4.57 Å². The number of hydrogen-bond donors (Lipinski definition) is 1. The van der Waals surface area contributed by atoms with Gasteiger partial charge in [-0.25, -0.2) is 4.79 Å². The molecule has 8 nitrogen and oxygen atoms in total. The zero-order chi connectivity index (χ0) is 23.1. The standard InChI is InChI=1S/C23H28N2O6S/c1-29-22(23(26)30-2)15-17-5-8-19(9-6-17)24-12-4-13-25-14-11-18-7-10-20(16-21(18)25)31-32(3,27)28/h5-11,14,16,22,24H,4,12-13,15H2,1-3H3/t22-/m0/s1. The van der Waals surface area contributed by atoms with Crippen LogP contribution in [0, 0.1) is 0 Å². The maximum Gasteiger partial charge on any atom is 0.335 e. The van der Waals surface area contributed by atoms with Gasteiger partial charge in [0.05, 0.1) is 18.9 Å². The van der Waals surface area contributed by atoms with Crippen LogP contribution in [0.5, 0.6) is 5.75 Å². The first-order valence-electron chi connectivity index (χ1n) is 10.2. The normalized spacial score (nSPS) is 12.5. The minimum Gasteiger partial charge on any atom is -0.467 e. The molecule has 3 rings (SSSR count). The average molecular weight is 461 g/mol. The van der Waals surface area contributed by atoms with Crippen LogP contribution >= 0.6 is 0 Å². The third kappa shape index (κ3) is 6.48. The molecule has 1 heterocycles. The van der Waals surface area contributed by atoms with E-state index in [0.29, 0.717) is 12.2 Å². The molecule has 0 saturated carbocycles. The Balaban J connectivity index is 1.52. The quantitative estimate of drug-likeness (QED) is 0.267. The minimum absolute atomic E-state index is 0.307. The summed E-state index contributed by atoms with van der Waals surface area (Å²) in [7, 11) is -0.721. The van der Waals surface area contributed by atoms with Gasteiger partial charge < -0.3 is 23.5 Å². The number of nitrogens with one attached hydrogen (secondary N) is 1. The molecule has 1 N–H and O–H groups in total. The summed E-state index contributed by atoms with van der Waals surface area (Å²) in [6.07, 6.45) is 3.73. The molecule has 0 fully saturated rings. The third-order valence-corrected chi connectivity index (χ3v) is 5.52. The smallest absolute Gasteiger partial charge is 0.335 e. The number of carbonyl (C=O) groups is 1. The molecule has 0 aliphatic rings. The van der Waals surface area contributed by atoms with Crippen LogP contribution in [0.3, 0.4) is 0 Å². The van der Waals surface area contributed by atoms with E-state index in [-0.39, 0.29) is 5.97 Å². The Morgan fingerprint density at radius 3 is 2.50 bits per heavy atom. The summed E-state index contributed by atoms with van der Waals surface area (Å²) >= 11 is 0. The SMILES string of the molecule is COC(=O)[C@H](Cc1ccc(NCCCn2ccc3ccc(OS(C)(=O)=O)cc32)cc1)OC. The van der Waals surface area contributed by atoms with E-state index in [2.05, 4.69) is 9.88 Å². The number of ether oxygens (including phenoxy) is 2. The Morgan fingerprint density at radius 2 is 1.84 bits per heavy atom. The fourth-order valence-corrected chi connectivity index (χ4v) is 3.89. The molecular formula is C23H28N2O6S. The molecule has 9 heteroatoms. The molecule has 0 amide bonds. The summed E-state index contributed by atoms with van der Waals surface area (Å²) in [4.78, 5) is 11.7. The van der Waals surface area contributed by atoms with Gasteiger partial charge in [0, 0.05) is 44.6 Å². The van der Waals surface area contributed by atoms with Crippen LogP contribution in [0.15, 0.2) is 54.7 Å². The summed E-state index contributed by atoms with van der Waals surface area (Å²) in [6, 6.07) is 15.1. The van der Waals surface area contributed by atoms with Crippen molar-refractivity contribution in [3.05, 3.63) is 60.3 Å². The lowest BCUT2D eigenvalue weighted by Crippen LogP contribution is -2.26. The van der Waals surface area contributed by atoms with Crippen LogP contribution < -0.4 is 9.50 Å². The highest BCUT2D eigenvalue weighted by Crippen LogP contribution is 2.23. The number of fused-ring (bicyclic) bond motifs is 1. The highest BCUT2D eigenvalue weighted by atomic mass is 32.2. The lowest BCUT2D eigenvalue weighted by atomic mass is 10.1. The molecule has 0 unspecified atom stereocenters. The number of aromatic nitrogens is 1. The van der Waals surface area contributed by atoms with Crippen LogP contribution in [-0.2, 0) is 37.4 Å². The van der Waals surface area contributed by atoms with Crippen molar-refractivity contribution in [3.63, 3.8) is 0 Å². The molecule has 1 atom stereocenters. The number of anilines is 1. The van der Waals surface area contributed by atoms with Crippen molar-refractivity contribution in [2.24, 2.45) is 0 Å². The highest BCUT2D eigenvalue weighted by molar-refractivity contribution is 7.86. The van der Waals surface area contributed by atoms with E-state index in [1.807, 2.05) is 42.6 Å². The van der Waals surface area contributed by atoms with Crippen molar-refractivity contribution in [2.75, 3.05) is 32.3 Å². The van der Waals surface area contributed by atoms with Crippen molar-refractivity contribution < 1.29 is 26.9 Å². The number of hydrogen-bond acceptors (Lipinski definition) is 7. The van der Waals surface area contributed by atoms with Crippen LogP contribution in [0.25, 0.3) is 10.9 Å². The number of rotatable bonds is 11.